The maximum atomic E-state index is 11.4. The van der Waals surface area contributed by atoms with Crippen LogP contribution in [0.3, 0.4) is 0 Å². The van der Waals surface area contributed by atoms with Gasteiger partial charge in [0.25, 0.3) is 0 Å². The first kappa shape index (κ1) is 9.21. The van der Waals surface area contributed by atoms with Gasteiger partial charge in [0.1, 0.15) is 5.69 Å². The molecule has 1 aliphatic carbocycles. The number of hydrogen-bond acceptors (Lipinski definition) is 3. The molecule has 0 radical (unpaired) electrons. The maximum Gasteiger partial charge on any atom is 0.323 e. The molecule has 1 aromatic rings. The lowest BCUT2D eigenvalue weighted by molar-refractivity contribution is 0.0995. The Kier molecular flexibility index (Phi) is 2.25. The zero-order valence-corrected chi connectivity index (χ0v) is 7.80. The third-order valence-corrected chi connectivity index (χ3v) is 2.73. The van der Waals surface area contributed by atoms with Crippen LogP contribution in [0, 0.1) is 0 Å². The Hall–Kier alpha value is -1.36. The average molecular weight is 195 g/mol. The van der Waals surface area contributed by atoms with E-state index >= 15 is 0 Å². The Balaban J connectivity index is 2.37. The Labute approximate surface area is 80.7 Å². The van der Waals surface area contributed by atoms with E-state index in [1.165, 1.54) is 0 Å². The largest absolute Gasteiger partial charge is 0.324 e. The minimum Gasteiger partial charge on any atom is -0.324 e. The second-order valence-corrected chi connectivity index (χ2v) is 3.62. The molecule has 1 saturated carbocycles. The Bertz CT molecular complexity index is 400. The number of rotatable bonds is 3. The van der Waals surface area contributed by atoms with Crippen molar-refractivity contribution in [2.45, 2.75) is 25.2 Å². The SMILES string of the molecule is NCC(=O)c1[nH]c(=O)[nH]c1C1CCC1. The van der Waals surface area contributed by atoms with Crippen molar-refractivity contribution < 1.29 is 4.79 Å². The quantitative estimate of drug-likeness (QED) is 0.598. The van der Waals surface area contributed by atoms with Crippen LogP contribution < -0.4 is 11.4 Å². The highest BCUT2D eigenvalue weighted by molar-refractivity contribution is 5.96. The van der Waals surface area contributed by atoms with Crippen LogP contribution in [-0.2, 0) is 0 Å². The van der Waals surface area contributed by atoms with Crippen LogP contribution in [0.1, 0.15) is 41.4 Å². The van der Waals surface area contributed by atoms with E-state index in [9.17, 15) is 9.59 Å². The van der Waals surface area contributed by atoms with Crippen molar-refractivity contribution in [1.29, 1.82) is 0 Å². The fourth-order valence-corrected chi connectivity index (χ4v) is 1.72. The molecular formula is C9H13N3O2. The molecular weight excluding hydrogens is 182 g/mol. The lowest BCUT2D eigenvalue weighted by Crippen LogP contribution is -2.19. The second-order valence-electron chi connectivity index (χ2n) is 3.62. The number of Topliss-reactive ketones (excluding diaryl/α,β-unsaturated/α-hetero) is 1. The zero-order chi connectivity index (χ0) is 10.1. The van der Waals surface area contributed by atoms with Crippen molar-refractivity contribution in [2.75, 3.05) is 6.54 Å². The number of carbonyl (C=O) groups is 1. The van der Waals surface area contributed by atoms with Crippen molar-refractivity contribution in [3.8, 4) is 0 Å². The second kappa shape index (κ2) is 3.42. The summed E-state index contributed by atoms with van der Waals surface area (Å²) in [5, 5.41) is 0. The van der Waals surface area contributed by atoms with Crippen molar-refractivity contribution in [1.82, 2.24) is 9.97 Å². The molecule has 0 bridgehead atoms. The van der Waals surface area contributed by atoms with Gasteiger partial charge in [-0.25, -0.2) is 4.79 Å². The third-order valence-electron chi connectivity index (χ3n) is 2.73. The third kappa shape index (κ3) is 1.39. The molecule has 0 aromatic carbocycles. The molecule has 0 unspecified atom stereocenters. The number of aromatic nitrogens is 2. The van der Waals surface area contributed by atoms with Crippen LogP contribution >= 0.6 is 0 Å². The smallest absolute Gasteiger partial charge is 0.323 e. The lowest BCUT2D eigenvalue weighted by atomic mass is 9.82. The van der Waals surface area contributed by atoms with E-state index in [2.05, 4.69) is 9.97 Å². The summed E-state index contributed by atoms with van der Waals surface area (Å²) in [6.07, 6.45) is 3.24. The number of carbonyl (C=O) groups excluding carboxylic acids is 1. The van der Waals surface area contributed by atoms with Gasteiger partial charge in [-0.1, -0.05) is 6.42 Å². The molecule has 14 heavy (non-hydrogen) atoms. The number of ketones is 1. The molecule has 4 N–H and O–H groups in total. The summed E-state index contributed by atoms with van der Waals surface area (Å²) < 4.78 is 0. The number of hydrogen-bond donors (Lipinski definition) is 3. The number of nitrogens with one attached hydrogen (secondary N) is 2. The highest BCUT2D eigenvalue weighted by atomic mass is 16.1. The van der Waals surface area contributed by atoms with Gasteiger partial charge in [0, 0.05) is 11.6 Å². The van der Waals surface area contributed by atoms with Crippen molar-refractivity contribution in [2.24, 2.45) is 5.73 Å². The van der Waals surface area contributed by atoms with Gasteiger partial charge in [0.15, 0.2) is 5.78 Å². The van der Waals surface area contributed by atoms with Gasteiger partial charge in [-0.15, -0.1) is 0 Å². The minimum atomic E-state index is -0.316. The molecule has 0 aliphatic heterocycles. The highest BCUT2D eigenvalue weighted by Gasteiger charge is 2.26. The van der Waals surface area contributed by atoms with E-state index < -0.39 is 0 Å². The summed E-state index contributed by atoms with van der Waals surface area (Å²) in [6.45, 7) is -0.0620. The number of aromatic amines is 2. The molecule has 0 saturated heterocycles. The zero-order valence-electron chi connectivity index (χ0n) is 7.80. The van der Waals surface area contributed by atoms with Gasteiger partial charge in [-0.2, -0.15) is 0 Å². The standard InChI is InChI=1S/C9H13N3O2/c10-4-6(13)8-7(5-2-1-3-5)11-9(14)12-8/h5H,1-4,10H2,(H2,11,12,14). The van der Waals surface area contributed by atoms with Gasteiger partial charge in [0.05, 0.1) is 6.54 Å². The fraction of sp³-hybridized carbons (Fsp3) is 0.556. The van der Waals surface area contributed by atoms with Gasteiger partial charge in [-0.05, 0) is 12.8 Å². The van der Waals surface area contributed by atoms with E-state index in [4.69, 9.17) is 5.73 Å². The summed E-state index contributed by atoms with van der Waals surface area (Å²) in [4.78, 5) is 27.6. The predicted molar refractivity (Wildman–Crippen MR) is 51.4 cm³/mol. The van der Waals surface area contributed by atoms with Crippen LogP contribution in [-0.4, -0.2) is 22.3 Å². The van der Waals surface area contributed by atoms with Crippen molar-refractivity contribution >= 4 is 5.78 Å². The molecule has 1 heterocycles. The minimum absolute atomic E-state index is 0.0620. The first-order valence-corrected chi connectivity index (χ1v) is 4.78. The topological polar surface area (TPSA) is 91.7 Å². The molecule has 0 spiro atoms. The molecule has 2 rings (SSSR count). The molecule has 5 heteroatoms. The summed E-state index contributed by atoms with van der Waals surface area (Å²) >= 11 is 0. The van der Waals surface area contributed by atoms with Crippen LogP contribution in [0.15, 0.2) is 4.79 Å². The highest BCUT2D eigenvalue weighted by Crippen LogP contribution is 2.36. The van der Waals surface area contributed by atoms with Crippen molar-refractivity contribution in [3.63, 3.8) is 0 Å². The summed E-state index contributed by atoms with van der Waals surface area (Å²) in [5.41, 5.74) is 6.06. The maximum absolute atomic E-state index is 11.4. The Morgan fingerprint density at radius 1 is 1.43 bits per heavy atom. The number of imidazole rings is 1. The van der Waals surface area contributed by atoms with Crippen molar-refractivity contribution in [3.05, 3.63) is 21.9 Å². The lowest BCUT2D eigenvalue weighted by Gasteiger charge is -2.24. The first-order valence-electron chi connectivity index (χ1n) is 4.78. The number of nitrogens with two attached hydrogens (primary N) is 1. The Morgan fingerprint density at radius 3 is 2.64 bits per heavy atom. The van der Waals surface area contributed by atoms with Crippen LogP contribution in [0.4, 0.5) is 0 Å². The molecule has 1 fully saturated rings. The predicted octanol–water partition coefficient (Wildman–Crippen LogP) is 0.112. The van der Waals surface area contributed by atoms with Gasteiger partial charge >= 0.3 is 5.69 Å². The van der Waals surface area contributed by atoms with Gasteiger partial charge in [-0.3, -0.25) is 4.79 Å². The summed E-state index contributed by atoms with van der Waals surface area (Å²) in [7, 11) is 0. The van der Waals surface area contributed by atoms with Crippen LogP contribution in [0.5, 0.6) is 0 Å². The Morgan fingerprint density at radius 2 is 2.14 bits per heavy atom. The first-order chi connectivity index (χ1) is 6.72. The van der Waals surface area contributed by atoms with E-state index in [0.717, 1.165) is 25.0 Å². The number of H-pyrrole nitrogens is 2. The van der Waals surface area contributed by atoms with Gasteiger partial charge in [0.2, 0.25) is 0 Å². The molecule has 76 valence electrons. The molecule has 1 aromatic heterocycles. The van der Waals surface area contributed by atoms with Gasteiger partial charge < -0.3 is 15.7 Å². The van der Waals surface area contributed by atoms with E-state index in [-0.39, 0.29) is 18.0 Å². The summed E-state index contributed by atoms with van der Waals surface area (Å²) in [6, 6.07) is 0. The summed E-state index contributed by atoms with van der Waals surface area (Å²) in [5.74, 6) is 0.129. The van der Waals surface area contributed by atoms with E-state index in [1.54, 1.807) is 0 Å². The fourth-order valence-electron chi connectivity index (χ4n) is 1.72. The molecule has 0 amide bonds. The normalized spacial score (nSPS) is 16.6. The average Bonchev–Trinajstić information content (AvgIpc) is 2.43. The van der Waals surface area contributed by atoms with E-state index in [1.807, 2.05) is 0 Å². The molecule has 1 aliphatic rings. The molecule has 0 atom stereocenters. The van der Waals surface area contributed by atoms with Crippen LogP contribution in [0.2, 0.25) is 0 Å². The van der Waals surface area contributed by atoms with E-state index in [0.29, 0.717) is 11.6 Å². The monoisotopic (exact) mass is 195 g/mol. The van der Waals surface area contributed by atoms with Crippen LogP contribution in [0.25, 0.3) is 0 Å². The molecule has 5 nitrogen and oxygen atoms in total.